The normalized spacial score (nSPS) is 24.6. The molecule has 1 aliphatic rings. The number of carbonyl (C=O) groups is 1. The van der Waals surface area contributed by atoms with E-state index < -0.39 is 0 Å². The molecular weight excluding hydrogens is 236 g/mol. The predicted octanol–water partition coefficient (Wildman–Crippen LogP) is 0.828. The van der Waals surface area contributed by atoms with Gasteiger partial charge >= 0.3 is 0 Å². The average Bonchev–Trinajstić information content (AvgIpc) is 2.80. The summed E-state index contributed by atoms with van der Waals surface area (Å²) in [7, 11) is 0. The lowest BCUT2D eigenvalue weighted by atomic mass is 9.95. The van der Waals surface area contributed by atoms with Crippen molar-refractivity contribution in [2.24, 2.45) is 5.92 Å². The Morgan fingerprint density at radius 2 is 2.47 bits per heavy atom. The van der Waals surface area contributed by atoms with Crippen molar-refractivity contribution in [3.8, 4) is 0 Å². The summed E-state index contributed by atoms with van der Waals surface area (Å²) in [6.07, 6.45) is 1.85. The van der Waals surface area contributed by atoms with Crippen LogP contribution in [0.25, 0.3) is 0 Å². The summed E-state index contributed by atoms with van der Waals surface area (Å²) in [5.41, 5.74) is 0.795. The van der Waals surface area contributed by atoms with Gasteiger partial charge in [-0.05, 0) is 36.8 Å². The molecule has 17 heavy (non-hydrogen) atoms. The van der Waals surface area contributed by atoms with Gasteiger partial charge in [0.15, 0.2) is 0 Å². The Bertz CT molecular complexity index is 393. The first-order valence-electron chi connectivity index (χ1n) is 6.05. The Morgan fingerprint density at radius 3 is 3.18 bits per heavy atom. The highest BCUT2D eigenvalue weighted by Gasteiger charge is 2.24. The summed E-state index contributed by atoms with van der Waals surface area (Å²) in [5.74, 6) is 0.489. The molecule has 0 radical (unpaired) electrons. The zero-order chi connectivity index (χ0) is 12.3. The molecule has 0 aromatic carbocycles. The molecule has 6 heteroatoms. The fourth-order valence-corrected chi connectivity index (χ4v) is 2.68. The van der Waals surface area contributed by atoms with Gasteiger partial charge in [-0.25, -0.2) is 0 Å². The number of nitrogens with zero attached hydrogens (tertiary/aromatic N) is 2. The molecule has 0 aliphatic carbocycles. The lowest BCUT2D eigenvalue weighted by molar-refractivity contribution is 0.0918. The van der Waals surface area contributed by atoms with Gasteiger partial charge < -0.3 is 10.6 Å². The highest BCUT2D eigenvalue weighted by atomic mass is 32.1. The molecule has 1 aromatic rings. The van der Waals surface area contributed by atoms with E-state index in [9.17, 15) is 4.79 Å². The third-order valence-electron chi connectivity index (χ3n) is 3.24. The first kappa shape index (κ1) is 12.4. The number of hydrogen-bond donors (Lipinski definition) is 2. The van der Waals surface area contributed by atoms with Crippen molar-refractivity contribution in [1.29, 1.82) is 0 Å². The molecule has 1 aromatic heterocycles. The number of amides is 1. The first-order valence-corrected chi connectivity index (χ1v) is 6.82. The number of aryl methyl sites for hydroxylation is 1. The highest BCUT2D eigenvalue weighted by Crippen LogP contribution is 2.15. The highest BCUT2D eigenvalue weighted by molar-refractivity contribution is 7.08. The summed E-state index contributed by atoms with van der Waals surface area (Å²) >= 11 is 1.18. The first-order chi connectivity index (χ1) is 8.22. The van der Waals surface area contributed by atoms with Crippen molar-refractivity contribution in [2.75, 3.05) is 13.1 Å². The standard InChI is InChI=1S/C11H18N4OS/c1-3-8-10(17-15-14-8)11(16)13-9-6-12-5-4-7(9)2/h7,9,12H,3-6H2,1-2H3,(H,13,16). The minimum Gasteiger partial charge on any atom is -0.347 e. The van der Waals surface area contributed by atoms with Crippen LogP contribution in [-0.2, 0) is 6.42 Å². The van der Waals surface area contributed by atoms with Crippen LogP contribution in [0.1, 0.15) is 35.6 Å². The fourth-order valence-electron chi connectivity index (χ4n) is 2.03. The van der Waals surface area contributed by atoms with Crippen molar-refractivity contribution in [3.63, 3.8) is 0 Å². The van der Waals surface area contributed by atoms with Gasteiger partial charge in [0.05, 0.1) is 5.69 Å². The number of piperidine rings is 1. The van der Waals surface area contributed by atoms with Gasteiger partial charge in [-0.15, -0.1) is 5.10 Å². The summed E-state index contributed by atoms with van der Waals surface area (Å²) in [4.78, 5) is 12.7. The third-order valence-corrected chi connectivity index (χ3v) is 4.01. The Labute approximate surface area is 105 Å². The molecule has 2 rings (SSSR count). The summed E-state index contributed by atoms with van der Waals surface area (Å²) in [5, 5.41) is 10.3. The predicted molar refractivity (Wildman–Crippen MR) is 67.2 cm³/mol. The van der Waals surface area contributed by atoms with Gasteiger partial charge in [0.2, 0.25) is 0 Å². The molecule has 94 valence electrons. The van der Waals surface area contributed by atoms with Gasteiger partial charge in [-0.3, -0.25) is 4.79 Å². The van der Waals surface area contributed by atoms with Crippen LogP contribution in [0, 0.1) is 5.92 Å². The minimum absolute atomic E-state index is 0.0302. The Hall–Kier alpha value is -1.01. The van der Waals surface area contributed by atoms with Gasteiger partial charge in [-0.2, -0.15) is 0 Å². The van der Waals surface area contributed by atoms with Crippen LogP contribution in [0.2, 0.25) is 0 Å². The van der Waals surface area contributed by atoms with E-state index in [0.29, 0.717) is 10.8 Å². The van der Waals surface area contributed by atoms with Crippen molar-refractivity contribution in [2.45, 2.75) is 32.7 Å². The Kier molecular flexibility index (Phi) is 4.06. The SMILES string of the molecule is CCc1nnsc1C(=O)NC1CNCCC1C. The van der Waals surface area contributed by atoms with E-state index in [1.165, 1.54) is 11.5 Å². The average molecular weight is 254 g/mol. The maximum Gasteiger partial charge on any atom is 0.265 e. The van der Waals surface area contributed by atoms with Gasteiger partial charge in [0.25, 0.3) is 5.91 Å². The summed E-state index contributed by atoms with van der Waals surface area (Å²) in [6.45, 7) is 6.05. The van der Waals surface area contributed by atoms with Crippen LogP contribution in [0.15, 0.2) is 0 Å². The number of aromatic nitrogens is 2. The lowest BCUT2D eigenvalue weighted by Crippen LogP contribution is -2.50. The van der Waals surface area contributed by atoms with E-state index in [-0.39, 0.29) is 11.9 Å². The van der Waals surface area contributed by atoms with E-state index in [2.05, 4.69) is 27.1 Å². The zero-order valence-corrected chi connectivity index (χ0v) is 11.0. The smallest absolute Gasteiger partial charge is 0.265 e. The van der Waals surface area contributed by atoms with Crippen LogP contribution in [0.4, 0.5) is 0 Å². The molecule has 1 saturated heterocycles. The maximum absolute atomic E-state index is 12.1. The van der Waals surface area contributed by atoms with Crippen molar-refractivity contribution in [1.82, 2.24) is 20.2 Å². The quantitative estimate of drug-likeness (QED) is 0.838. The van der Waals surface area contributed by atoms with E-state index in [1.807, 2.05) is 6.92 Å². The Balaban J connectivity index is 2.01. The monoisotopic (exact) mass is 254 g/mol. The molecule has 0 bridgehead atoms. The van der Waals surface area contributed by atoms with E-state index in [4.69, 9.17) is 0 Å². The van der Waals surface area contributed by atoms with Crippen LogP contribution < -0.4 is 10.6 Å². The van der Waals surface area contributed by atoms with E-state index >= 15 is 0 Å². The second-order valence-corrected chi connectivity index (χ2v) is 5.21. The summed E-state index contributed by atoms with van der Waals surface area (Å²) < 4.78 is 3.84. The van der Waals surface area contributed by atoms with Crippen molar-refractivity contribution in [3.05, 3.63) is 10.6 Å². The molecule has 0 spiro atoms. The maximum atomic E-state index is 12.1. The van der Waals surface area contributed by atoms with Crippen LogP contribution in [0.3, 0.4) is 0 Å². The van der Waals surface area contributed by atoms with Crippen LogP contribution in [0.5, 0.6) is 0 Å². The minimum atomic E-state index is -0.0302. The number of rotatable bonds is 3. The molecule has 2 unspecified atom stereocenters. The molecule has 2 atom stereocenters. The van der Waals surface area contributed by atoms with Gasteiger partial charge in [0, 0.05) is 12.6 Å². The fraction of sp³-hybridized carbons (Fsp3) is 0.727. The summed E-state index contributed by atoms with van der Waals surface area (Å²) in [6, 6.07) is 0.211. The molecule has 2 heterocycles. The number of hydrogen-bond acceptors (Lipinski definition) is 5. The second kappa shape index (κ2) is 5.55. The topological polar surface area (TPSA) is 66.9 Å². The Morgan fingerprint density at radius 1 is 1.65 bits per heavy atom. The lowest BCUT2D eigenvalue weighted by Gasteiger charge is -2.30. The van der Waals surface area contributed by atoms with Crippen molar-refractivity contribution >= 4 is 17.4 Å². The van der Waals surface area contributed by atoms with Crippen molar-refractivity contribution < 1.29 is 4.79 Å². The van der Waals surface area contributed by atoms with E-state index in [1.54, 1.807) is 0 Å². The second-order valence-electron chi connectivity index (χ2n) is 4.45. The number of carbonyl (C=O) groups excluding carboxylic acids is 1. The van der Waals surface area contributed by atoms with Gasteiger partial charge in [0.1, 0.15) is 4.88 Å². The van der Waals surface area contributed by atoms with E-state index in [0.717, 1.165) is 31.6 Å². The van der Waals surface area contributed by atoms with Gasteiger partial charge in [-0.1, -0.05) is 18.3 Å². The van der Waals surface area contributed by atoms with Crippen LogP contribution >= 0.6 is 11.5 Å². The zero-order valence-electron chi connectivity index (χ0n) is 10.2. The largest absolute Gasteiger partial charge is 0.347 e. The third kappa shape index (κ3) is 2.81. The number of nitrogens with one attached hydrogen (secondary N) is 2. The molecular formula is C11H18N4OS. The van der Waals surface area contributed by atoms with Crippen LogP contribution in [-0.4, -0.2) is 34.6 Å². The molecule has 5 nitrogen and oxygen atoms in total. The molecule has 1 fully saturated rings. The molecule has 2 N–H and O–H groups in total. The molecule has 1 aliphatic heterocycles. The molecule has 0 saturated carbocycles. The molecule has 1 amide bonds.